The Labute approximate surface area is 126 Å². The molecule has 2 aliphatic heterocycles. The molecule has 0 aromatic heterocycles. The molecule has 2 heterocycles. The van der Waals surface area contributed by atoms with E-state index in [1.807, 2.05) is 0 Å². The number of H-pyrrole nitrogens is 1. The molecule has 0 bridgehead atoms. The van der Waals surface area contributed by atoms with Crippen LogP contribution in [0.5, 0.6) is 0 Å². The van der Waals surface area contributed by atoms with Gasteiger partial charge in [0.1, 0.15) is 4.60 Å². The summed E-state index contributed by atoms with van der Waals surface area (Å²) in [4.78, 5) is 32.1. The maximum atomic E-state index is 11.3. The van der Waals surface area contributed by atoms with E-state index < -0.39 is 10.6 Å². The zero-order valence-corrected chi connectivity index (χ0v) is 12.1. The Hall–Kier alpha value is -2.55. The maximum absolute atomic E-state index is 11.3. The first kappa shape index (κ1) is 13.4. The van der Waals surface area contributed by atoms with E-state index in [0.29, 0.717) is 22.8 Å². The lowest BCUT2D eigenvalue weighted by atomic mass is 10.2. The van der Waals surface area contributed by atoms with E-state index in [-0.39, 0.29) is 5.69 Å². The number of nitrogens with zero attached hydrogens (tertiary/aromatic N) is 4. The monoisotopic (exact) mass is 349 g/mol. The Morgan fingerprint density at radius 1 is 1.43 bits per heavy atom. The number of fused-ring (bicyclic) bond motifs is 1. The third kappa shape index (κ3) is 2.55. The molecular weight excluding hydrogens is 342 g/mol. The molecule has 1 aromatic carbocycles. The summed E-state index contributed by atoms with van der Waals surface area (Å²) in [6.45, 7) is 0.325. The minimum atomic E-state index is -0.483. The van der Waals surface area contributed by atoms with Gasteiger partial charge in [0.2, 0.25) is 0 Å². The molecule has 0 aliphatic carbocycles. The zero-order chi connectivity index (χ0) is 15.0. The van der Waals surface area contributed by atoms with Gasteiger partial charge in [-0.15, -0.1) is 0 Å². The van der Waals surface area contributed by atoms with E-state index in [1.165, 1.54) is 18.3 Å². The van der Waals surface area contributed by atoms with Crippen molar-refractivity contribution in [3.05, 3.63) is 61.2 Å². The fraction of sp³-hybridized carbons (Fsp3) is 0.0833. The highest BCUT2D eigenvalue weighted by Gasteiger charge is 2.16. The van der Waals surface area contributed by atoms with Crippen molar-refractivity contribution in [2.45, 2.75) is 6.54 Å². The largest absolute Gasteiger partial charge is 0.348 e. The number of imidazole rings is 1. The normalized spacial score (nSPS) is 10.9. The SMILES string of the molecule is O=c1nc2n(Cc3cccc([N+](=O)[O-])c3)c(Br)cnc-2[nH]1. The highest BCUT2D eigenvalue weighted by Crippen LogP contribution is 2.22. The van der Waals surface area contributed by atoms with Gasteiger partial charge in [-0.05, 0) is 21.5 Å². The highest BCUT2D eigenvalue weighted by atomic mass is 79.9. The summed E-state index contributed by atoms with van der Waals surface area (Å²) in [5.74, 6) is 0.759. The molecule has 21 heavy (non-hydrogen) atoms. The summed E-state index contributed by atoms with van der Waals surface area (Å²) in [6.07, 6.45) is 1.54. The molecule has 8 nitrogen and oxygen atoms in total. The molecule has 0 unspecified atom stereocenters. The second-order valence-corrected chi connectivity index (χ2v) is 5.12. The van der Waals surface area contributed by atoms with Crippen molar-refractivity contribution in [3.63, 3.8) is 0 Å². The van der Waals surface area contributed by atoms with Crippen molar-refractivity contribution in [2.75, 3.05) is 0 Å². The number of rotatable bonds is 3. The van der Waals surface area contributed by atoms with Gasteiger partial charge in [-0.3, -0.25) is 15.1 Å². The molecule has 0 spiro atoms. The van der Waals surface area contributed by atoms with E-state index >= 15 is 0 Å². The van der Waals surface area contributed by atoms with Crippen LogP contribution in [0, 0.1) is 10.1 Å². The standard InChI is InChI=1S/C12H8BrN5O3/c13-9-5-14-10-11(16-12(19)15-10)17(9)6-7-2-1-3-8(4-7)18(20)21/h1-5H,6H2,(H,14,15,19). The number of nitro benzene ring substituents is 1. The number of non-ortho nitro benzene ring substituents is 1. The number of nitrogens with one attached hydrogen (secondary N) is 1. The Morgan fingerprint density at radius 2 is 2.24 bits per heavy atom. The topological polar surface area (TPSA) is 107 Å². The van der Waals surface area contributed by atoms with E-state index in [2.05, 4.69) is 30.9 Å². The number of nitro groups is 1. The van der Waals surface area contributed by atoms with Gasteiger partial charge in [0.15, 0.2) is 11.6 Å². The third-order valence-corrected chi connectivity index (χ3v) is 3.55. The van der Waals surface area contributed by atoms with Gasteiger partial charge in [-0.2, -0.15) is 4.98 Å². The van der Waals surface area contributed by atoms with Gasteiger partial charge < -0.3 is 4.57 Å². The average molecular weight is 350 g/mol. The quantitative estimate of drug-likeness (QED) is 0.572. The van der Waals surface area contributed by atoms with Crippen molar-refractivity contribution < 1.29 is 4.92 Å². The van der Waals surface area contributed by atoms with Crippen molar-refractivity contribution in [3.8, 4) is 11.6 Å². The number of hydrogen-bond acceptors (Lipinski definition) is 5. The molecule has 106 valence electrons. The van der Waals surface area contributed by atoms with Crippen molar-refractivity contribution in [1.82, 2.24) is 19.5 Å². The van der Waals surface area contributed by atoms with E-state index in [1.54, 1.807) is 16.7 Å². The Morgan fingerprint density at radius 3 is 3.00 bits per heavy atom. The second kappa shape index (κ2) is 5.09. The number of aromatic nitrogens is 4. The predicted octanol–water partition coefficient (Wildman–Crippen LogP) is 1.79. The van der Waals surface area contributed by atoms with Crippen molar-refractivity contribution >= 4 is 21.6 Å². The molecule has 0 saturated carbocycles. The van der Waals surface area contributed by atoms with Gasteiger partial charge >= 0.3 is 5.69 Å². The van der Waals surface area contributed by atoms with E-state index in [0.717, 1.165) is 5.56 Å². The molecule has 0 saturated heterocycles. The number of halogens is 1. The van der Waals surface area contributed by atoms with E-state index in [9.17, 15) is 14.9 Å². The van der Waals surface area contributed by atoms with Crippen LogP contribution in [-0.2, 0) is 6.54 Å². The van der Waals surface area contributed by atoms with Crippen LogP contribution in [0.2, 0.25) is 0 Å². The summed E-state index contributed by atoms with van der Waals surface area (Å²) in [5.41, 5.74) is 0.252. The molecule has 9 heteroatoms. The van der Waals surface area contributed by atoms with Crippen LogP contribution in [-0.4, -0.2) is 24.4 Å². The fourth-order valence-corrected chi connectivity index (χ4v) is 2.40. The highest BCUT2D eigenvalue weighted by molar-refractivity contribution is 9.10. The van der Waals surface area contributed by atoms with E-state index in [4.69, 9.17) is 0 Å². The van der Waals surface area contributed by atoms with Gasteiger partial charge in [-0.1, -0.05) is 12.1 Å². The molecule has 0 atom stereocenters. The molecular formula is C12H8BrN5O3. The Kier molecular flexibility index (Phi) is 3.26. The van der Waals surface area contributed by atoms with Crippen LogP contribution in [0.4, 0.5) is 5.69 Å². The lowest BCUT2D eigenvalue weighted by Crippen LogP contribution is -2.09. The molecule has 1 N–H and O–H groups in total. The van der Waals surface area contributed by atoms with Gasteiger partial charge in [0.05, 0.1) is 17.7 Å². The Balaban J connectivity index is 2.06. The van der Waals surface area contributed by atoms with Gasteiger partial charge in [-0.25, -0.2) is 9.78 Å². The first-order chi connectivity index (χ1) is 10.0. The Bertz CT molecular complexity index is 856. The second-order valence-electron chi connectivity index (χ2n) is 4.31. The van der Waals surface area contributed by atoms with Crippen LogP contribution in [0.1, 0.15) is 5.56 Å². The summed E-state index contributed by atoms with van der Waals surface area (Å²) in [5, 5.41) is 10.8. The first-order valence-corrected chi connectivity index (χ1v) is 6.68. The van der Waals surface area contributed by atoms with Gasteiger partial charge in [0.25, 0.3) is 5.69 Å². The summed E-state index contributed by atoms with van der Waals surface area (Å²) in [6, 6.07) is 6.29. The van der Waals surface area contributed by atoms with Gasteiger partial charge in [0, 0.05) is 12.1 Å². The van der Waals surface area contributed by atoms with Crippen LogP contribution in [0.3, 0.4) is 0 Å². The van der Waals surface area contributed by atoms with Crippen LogP contribution in [0.25, 0.3) is 11.6 Å². The number of aromatic amines is 1. The summed E-state index contributed by atoms with van der Waals surface area (Å²) < 4.78 is 2.33. The number of hydrogen-bond donors (Lipinski definition) is 1. The van der Waals surface area contributed by atoms with Crippen LogP contribution in [0.15, 0.2) is 39.9 Å². The van der Waals surface area contributed by atoms with Crippen molar-refractivity contribution in [1.29, 1.82) is 0 Å². The summed E-state index contributed by atoms with van der Waals surface area (Å²) in [7, 11) is 0. The lowest BCUT2D eigenvalue weighted by molar-refractivity contribution is -0.384. The van der Waals surface area contributed by atoms with Crippen molar-refractivity contribution in [2.24, 2.45) is 0 Å². The zero-order valence-electron chi connectivity index (χ0n) is 10.5. The first-order valence-electron chi connectivity index (χ1n) is 5.89. The minimum absolute atomic E-state index is 0.0149. The molecule has 0 radical (unpaired) electrons. The molecule has 1 aromatic rings. The fourth-order valence-electron chi connectivity index (χ4n) is 2.00. The maximum Gasteiger partial charge on any atom is 0.348 e. The van der Waals surface area contributed by atoms with Crippen LogP contribution >= 0.6 is 15.9 Å². The minimum Gasteiger partial charge on any atom is -0.311 e. The smallest absolute Gasteiger partial charge is 0.311 e. The number of benzene rings is 1. The lowest BCUT2D eigenvalue weighted by Gasteiger charge is -2.12. The summed E-state index contributed by atoms with van der Waals surface area (Å²) >= 11 is 3.34. The molecule has 0 amide bonds. The average Bonchev–Trinajstić information content (AvgIpc) is 2.83. The molecule has 3 rings (SSSR count). The molecule has 0 fully saturated rings. The van der Waals surface area contributed by atoms with Crippen LogP contribution < -0.4 is 5.69 Å². The third-order valence-electron chi connectivity index (χ3n) is 2.92. The molecule has 2 aliphatic rings. The predicted molar refractivity (Wildman–Crippen MR) is 77.2 cm³/mol.